The monoisotopic (exact) mass is 323 g/mol. The van der Waals surface area contributed by atoms with Gasteiger partial charge in [0.2, 0.25) is 0 Å². The first kappa shape index (κ1) is 15.7. The third kappa shape index (κ3) is 3.13. The lowest BCUT2D eigenvalue weighted by atomic mass is 9.94. The van der Waals surface area contributed by atoms with Gasteiger partial charge in [0.1, 0.15) is 5.82 Å². The summed E-state index contributed by atoms with van der Waals surface area (Å²) in [6.07, 6.45) is 1.34. The molecular weight excluding hydrogens is 302 g/mol. The number of aliphatic hydroxyl groups is 1. The van der Waals surface area contributed by atoms with Gasteiger partial charge in [0, 0.05) is 44.7 Å². The lowest BCUT2D eigenvalue weighted by molar-refractivity contribution is -0.0627. The molecule has 2 heterocycles. The highest BCUT2D eigenvalue weighted by atomic mass is 35.5. The second-order valence-electron chi connectivity index (χ2n) is 6.10. The fourth-order valence-corrected chi connectivity index (χ4v) is 3.10. The highest BCUT2D eigenvalue weighted by molar-refractivity contribution is 6.31. The minimum atomic E-state index is -0.680. The molecule has 0 saturated carbocycles. The van der Waals surface area contributed by atoms with Gasteiger partial charge in [0.15, 0.2) is 0 Å². The van der Waals surface area contributed by atoms with E-state index < -0.39 is 5.60 Å². The molecule has 1 aliphatic rings. The van der Waals surface area contributed by atoms with Crippen LogP contribution in [0.4, 0.5) is 0 Å². The van der Waals surface area contributed by atoms with Crippen molar-refractivity contribution in [2.24, 2.45) is 7.05 Å². The molecule has 6 heteroatoms. The maximum atomic E-state index is 10.5. The molecule has 1 atom stereocenters. The van der Waals surface area contributed by atoms with Crippen LogP contribution in [0.25, 0.3) is 11.0 Å². The minimum absolute atomic E-state index is 0.0445. The number of aromatic nitrogens is 2. The van der Waals surface area contributed by atoms with Crippen molar-refractivity contribution >= 4 is 22.6 Å². The summed E-state index contributed by atoms with van der Waals surface area (Å²) < 4.78 is 7.36. The lowest BCUT2D eigenvalue weighted by Gasteiger charge is -2.33. The SMILES string of the molecule is CC(NCC1(O)CCOCC1)c1nc2ccc(Cl)cc2n1C. The molecule has 5 nitrogen and oxygen atoms in total. The largest absolute Gasteiger partial charge is 0.388 e. The van der Waals surface area contributed by atoms with Gasteiger partial charge in [-0.05, 0) is 25.1 Å². The summed E-state index contributed by atoms with van der Waals surface area (Å²) >= 11 is 6.06. The Labute approximate surface area is 135 Å². The Hall–Kier alpha value is -1.14. The Bertz CT molecular complexity index is 665. The fraction of sp³-hybridized carbons (Fsp3) is 0.562. The Morgan fingerprint density at radius 1 is 1.45 bits per heavy atom. The molecule has 0 bridgehead atoms. The van der Waals surface area contributed by atoms with E-state index in [1.165, 1.54) is 0 Å². The van der Waals surface area contributed by atoms with Gasteiger partial charge < -0.3 is 19.7 Å². The summed E-state index contributed by atoms with van der Waals surface area (Å²) in [7, 11) is 1.99. The van der Waals surface area contributed by atoms with Crippen molar-refractivity contribution in [2.75, 3.05) is 19.8 Å². The van der Waals surface area contributed by atoms with E-state index in [9.17, 15) is 5.11 Å². The van der Waals surface area contributed by atoms with Crippen LogP contribution in [0.5, 0.6) is 0 Å². The van der Waals surface area contributed by atoms with Crippen molar-refractivity contribution in [2.45, 2.75) is 31.4 Å². The summed E-state index contributed by atoms with van der Waals surface area (Å²) in [5.41, 5.74) is 1.27. The average molecular weight is 324 g/mol. The van der Waals surface area contributed by atoms with Crippen molar-refractivity contribution in [1.29, 1.82) is 0 Å². The summed E-state index contributed by atoms with van der Waals surface area (Å²) in [6, 6.07) is 5.75. The van der Waals surface area contributed by atoms with E-state index in [0.29, 0.717) is 37.6 Å². The zero-order chi connectivity index (χ0) is 15.7. The molecule has 0 spiro atoms. The number of ether oxygens (including phenoxy) is 1. The van der Waals surface area contributed by atoms with Crippen molar-refractivity contribution in [3.63, 3.8) is 0 Å². The number of rotatable bonds is 4. The Morgan fingerprint density at radius 2 is 2.18 bits per heavy atom. The minimum Gasteiger partial charge on any atom is -0.388 e. The number of imidazole rings is 1. The van der Waals surface area contributed by atoms with Crippen molar-refractivity contribution < 1.29 is 9.84 Å². The van der Waals surface area contributed by atoms with Crippen LogP contribution in [0, 0.1) is 0 Å². The van der Waals surface area contributed by atoms with Crippen LogP contribution in [0.1, 0.15) is 31.6 Å². The first-order chi connectivity index (χ1) is 10.5. The van der Waals surface area contributed by atoms with Crippen LogP contribution in [0.15, 0.2) is 18.2 Å². The van der Waals surface area contributed by atoms with Gasteiger partial charge in [-0.1, -0.05) is 11.6 Å². The van der Waals surface area contributed by atoms with Crippen molar-refractivity contribution in [3.8, 4) is 0 Å². The molecule has 1 saturated heterocycles. The third-order valence-corrected chi connectivity index (χ3v) is 4.66. The molecule has 0 radical (unpaired) electrons. The molecule has 1 aromatic heterocycles. The molecule has 1 unspecified atom stereocenters. The third-order valence-electron chi connectivity index (χ3n) is 4.43. The van der Waals surface area contributed by atoms with Crippen molar-refractivity contribution in [1.82, 2.24) is 14.9 Å². The topological polar surface area (TPSA) is 59.3 Å². The van der Waals surface area contributed by atoms with Crippen LogP contribution in [0.3, 0.4) is 0 Å². The number of halogens is 1. The van der Waals surface area contributed by atoms with E-state index in [1.54, 1.807) is 0 Å². The normalized spacial score (nSPS) is 19.5. The first-order valence-electron chi connectivity index (χ1n) is 7.64. The van der Waals surface area contributed by atoms with Crippen LogP contribution in [-0.2, 0) is 11.8 Å². The van der Waals surface area contributed by atoms with E-state index >= 15 is 0 Å². The van der Waals surface area contributed by atoms with E-state index in [-0.39, 0.29) is 6.04 Å². The molecule has 1 aliphatic heterocycles. The van der Waals surface area contributed by atoms with Gasteiger partial charge >= 0.3 is 0 Å². The Balaban J connectivity index is 1.74. The zero-order valence-electron chi connectivity index (χ0n) is 13.0. The predicted octanol–water partition coefficient (Wildman–Crippen LogP) is 2.42. The number of fused-ring (bicyclic) bond motifs is 1. The van der Waals surface area contributed by atoms with E-state index in [0.717, 1.165) is 16.9 Å². The fourth-order valence-electron chi connectivity index (χ4n) is 2.93. The maximum absolute atomic E-state index is 10.5. The number of nitrogens with zero attached hydrogens (tertiary/aromatic N) is 2. The van der Waals surface area contributed by atoms with Gasteiger partial charge in [0.05, 0.1) is 22.7 Å². The van der Waals surface area contributed by atoms with Crippen LogP contribution >= 0.6 is 11.6 Å². The van der Waals surface area contributed by atoms with Crippen LogP contribution in [0.2, 0.25) is 5.02 Å². The molecule has 2 N–H and O–H groups in total. The average Bonchev–Trinajstić information content (AvgIpc) is 2.83. The summed E-state index contributed by atoms with van der Waals surface area (Å²) in [4.78, 5) is 4.68. The molecule has 22 heavy (non-hydrogen) atoms. The van der Waals surface area contributed by atoms with Gasteiger partial charge in [0.25, 0.3) is 0 Å². The predicted molar refractivity (Wildman–Crippen MR) is 87.1 cm³/mol. The molecule has 2 aromatic rings. The number of aryl methyl sites for hydroxylation is 1. The van der Waals surface area contributed by atoms with Gasteiger partial charge in [-0.25, -0.2) is 4.98 Å². The molecule has 120 valence electrons. The van der Waals surface area contributed by atoms with E-state index in [1.807, 2.05) is 29.8 Å². The molecule has 1 aromatic carbocycles. The molecule has 3 rings (SSSR count). The molecular formula is C16H22ClN3O2. The van der Waals surface area contributed by atoms with Crippen LogP contribution in [-0.4, -0.2) is 40.0 Å². The highest BCUT2D eigenvalue weighted by Crippen LogP contribution is 2.24. The van der Waals surface area contributed by atoms with Gasteiger partial charge in [-0.15, -0.1) is 0 Å². The zero-order valence-corrected chi connectivity index (χ0v) is 13.7. The summed E-state index contributed by atoms with van der Waals surface area (Å²) in [6.45, 7) is 3.85. The molecule has 1 fully saturated rings. The smallest absolute Gasteiger partial charge is 0.126 e. The Kier molecular flexibility index (Phi) is 4.41. The number of benzene rings is 1. The first-order valence-corrected chi connectivity index (χ1v) is 8.02. The lowest BCUT2D eigenvalue weighted by Crippen LogP contribution is -2.45. The second-order valence-corrected chi connectivity index (χ2v) is 6.54. The standard InChI is InChI=1S/C16H22ClN3O2/c1-11(18-10-16(21)5-7-22-8-6-16)15-19-13-4-3-12(17)9-14(13)20(15)2/h3-4,9,11,18,21H,5-8,10H2,1-2H3. The van der Waals surface area contributed by atoms with Crippen LogP contribution < -0.4 is 5.32 Å². The number of hydrogen-bond donors (Lipinski definition) is 2. The summed E-state index contributed by atoms with van der Waals surface area (Å²) in [5, 5.41) is 14.6. The van der Waals surface area contributed by atoms with E-state index in [4.69, 9.17) is 16.3 Å². The molecule has 0 amide bonds. The van der Waals surface area contributed by atoms with E-state index in [2.05, 4.69) is 17.2 Å². The number of hydrogen-bond acceptors (Lipinski definition) is 4. The summed E-state index contributed by atoms with van der Waals surface area (Å²) in [5.74, 6) is 0.938. The second kappa shape index (κ2) is 6.16. The molecule has 0 aliphatic carbocycles. The maximum Gasteiger partial charge on any atom is 0.126 e. The quantitative estimate of drug-likeness (QED) is 0.907. The van der Waals surface area contributed by atoms with Gasteiger partial charge in [-0.2, -0.15) is 0 Å². The van der Waals surface area contributed by atoms with Crippen molar-refractivity contribution in [3.05, 3.63) is 29.0 Å². The Morgan fingerprint density at radius 3 is 2.91 bits per heavy atom. The van der Waals surface area contributed by atoms with Gasteiger partial charge in [-0.3, -0.25) is 0 Å². The highest BCUT2D eigenvalue weighted by Gasteiger charge is 2.30. The number of nitrogens with one attached hydrogen (secondary N) is 1.